The Bertz CT molecular complexity index is 262. The van der Waals surface area contributed by atoms with Crippen molar-refractivity contribution < 1.29 is 4.39 Å². The van der Waals surface area contributed by atoms with Crippen molar-refractivity contribution in [1.82, 2.24) is 10.3 Å². The zero-order chi connectivity index (χ0) is 8.97. The summed E-state index contributed by atoms with van der Waals surface area (Å²) in [6.07, 6.45) is 1.51. The van der Waals surface area contributed by atoms with Gasteiger partial charge in [0, 0.05) is 18.3 Å². The molecule has 0 fully saturated rings. The van der Waals surface area contributed by atoms with Crippen LogP contribution in [-0.4, -0.2) is 11.5 Å². The van der Waals surface area contributed by atoms with Gasteiger partial charge in [0.2, 0.25) is 0 Å². The lowest BCUT2D eigenvalue weighted by Crippen LogP contribution is -2.13. The molecule has 3 nitrogen and oxygen atoms in total. The van der Waals surface area contributed by atoms with Crippen LogP contribution in [0.4, 0.5) is 10.2 Å². The van der Waals surface area contributed by atoms with Gasteiger partial charge in [-0.25, -0.2) is 9.37 Å². The van der Waals surface area contributed by atoms with Gasteiger partial charge in [-0.2, -0.15) is 0 Å². The quantitative estimate of drug-likeness (QED) is 0.707. The lowest BCUT2D eigenvalue weighted by atomic mass is 10.2. The molecule has 0 bridgehead atoms. The van der Waals surface area contributed by atoms with E-state index in [-0.39, 0.29) is 5.82 Å². The van der Waals surface area contributed by atoms with Gasteiger partial charge in [-0.15, -0.1) is 0 Å². The molecule has 0 aliphatic rings. The Kier molecular flexibility index (Phi) is 2.99. The average molecular weight is 169 g/mol. The molecule has 4 heteroatoms. The highest BCUT2D eigenvalue weighted by Crippen LogP contribution is 2.10. The van der Waals surface area contributed by atoms with Crippen LogP contribution in [0.1, 0.15) is 12.5 Å². The highest BCUT2D eigenvalue weighted by Gasteiger charge is 2.04. The van der Waals surface area contributed by atoms with Crippen LogP contribution in [0.15, 0.2) is 12.3 Å². The summed E-state index contributed by atoms with van der Waals surface area (Å²) in [5, 5.41) is 3.01. The van der Waals surface area contributed by atoms with Crippen LogP contribution in [0.5, 0.6) is 0 Å². The summed E-state index contributed by atoms with van der Waals surface area (Å²) in [6.45, 7) is 3.26. The van der Waals surface area contributed by atoms with Crippen molar-refractivity contribution in [1.29, 1.82) is 0 Å². The predicted molar refractivity (Wildman–Crippen MR) is 46.0 cm³/mol. The number of halogens is 1. The maximum absolute atomic E-state index is 13.1. The van der Waals surface area contributed by atoms with E-state index in [4.69, 9.17) is 5.73 Å². The first-order valence-corrected chi connectivity index (χ1v) is 3.85. The number of pyridine rings is 1. The van der Waals surface area contributed by atoms with E-state index in [1.807, 2.05) is 6.92 Å². The summed E-state index contributed by atoms with van der Waals surface area (Å²) in [7, 11) is 0. The van der Waals surface area contributed by atoms with Gasteiger partial charge in [-0.05, 0) is 12.6 Å². The van der Waals surface area contributed by atoms with Gasteiger partial charge < -0.3 is 11.1 Å². The number of hydrogen-bond donors (Lipinski definition) is 2. The number of anilines is 1. The molecule has 1 rings (SSSR count). The van der Waals surface area contributed by atoms with Gasteiger partial charge in [0.1, 0.15) is 0 Å². The third-order valence-corrected chi connectivity index (χ3v) is 1.56. The second-order valence-electron chi connectivity index (χ2n) is 2.45. The summed E-state index contributed by atoms with van der Waals surface area (Å²) in [4.78, 5) is 3.62. The molecule has 1 aromatic heterocycles. The minimum atomic E-state index is -0.418. The van der Waals surface area contributed by atoms with Gasteiger partial charge in [-0.3, -0.25) is 0 Å². The van der Waals surface area contributed by atoms with E-state index in [9.17, 15) is 4.39 Å². The maximum Gasteiger partial charge on any atom is 0.169 e. The summed E-state index contributed by atoms with van der Waals surface area (Å²) in [6, 6.07) is 1.62. The molecule has 0 aliphatic carbocycles. The van der Waals surface area contributed by atoms with Crippen LogP contribution in [0.3, 0.4) is 0 Å². The topological polar surface area (TPSA) is 50.9 Å². The summed E-state index contributed by atoms with van der Waals surface area (Å²) < 4.78 is 13.1. The van der Waals surface area contributed by atoms with Crippen LogP contribution in [0.2, 0.25) is 0 Å². The minimum Gasteiger partial charge on any atom is -0.381 e. The van der Waals surface area contributed by atoms with Crippen molar-refractivity contribution in [2.45, 2.75) is 13.5 Å². The molecule has 0 saturated carbocycles. The average Bonchev–Trinajstić information content (AvgIpc) is 2.08. The van der Waals surface area contributed by atoms with Crippen molar-refractivity contribution >= 4 is 5.82 Å². The van der Waals surface area contributed by atoms with E-state index in [0.717, 1.165) is 6.54 Å². The normalized spacial score (nSPS) is 10.2. The molecule has 0 aromatic carbocycles. The lowest BCUT2D eigenvalue weighted by molar-refractivity contribution is 0.593. The number of nitrogens with zero attached hydrogens (tertiary/aromatic N) is 1. The molecule has 0 saturated heterocycles. The monoisotopic (exact) mass is 169 g/mol. The van der Waals surface area contributed by atoms with E-state index in [1.54, 1.807) is 6.07 Å². The van der Waals surface area contributed by atoms with Crippen molar-refractivity contribution in [3.63, 3.8) is 0 Å². The second-order valence-corrected chi connectivity index (χ2v) is 2.45. The van der Waals surface area contributed by atoms with Crippen LogP contribution in [0.25, 0.3) is 0 Å². The Balaban J connectivity index is 2.78. The molecular weight excluding hydrogens is 157 g/mol. The number of aromatic nitrogens is 1. The largest absolute Gasteiger partial charge is 0.381 e. The van der Waals surface area contributed by atoms with Crippen LogP contribution >= 0.6 is 0 Å². The fourth-order valence-corrected chi connectivity index (χ4v) is 0.898. The van der Waals surface area contributed by atoms with E-state index in [2.05, 4.69) is 10.3 Å². The van der Waals surface area contributed by atoms with E-state index in [0.29, 0.717) is 12.1 Å². The zero-order valence-electron chi connectivity index (χ0n) is 6.97. The van der Waals surface area contributed by atoms with E-state index < -0.39 is 5.82 Å². The molecule has 3 N–H and O–H groups in total. The number of rotatable bonds is 3. The predicted octanol–water partition coefficient (Wildman–Crippen LogP) is 0.912. The minimum absolute atomic E-state index is 0.0367. The standard InChI is InChI=1S/C8H12FN3/c1-2-11-5-6-3-4-12-8(10)7(6)9/h3-4,11H,2,5H2,1H3,(H2,10,12). The number of nitrogen functional groups attached to an aromatic ring is 1. The molecule has 0 amide bonds. The fourth-order valence-electron chi connectivity index (χ4n) is 0.898. The van der Waals surface area contributed by atoms with Crippen molar-refractivity contribution in [2.75, 3.05) is 12.3 Å². The molecule has 12 heavy (non-hydrogen) atoms. The summed E-state index contributed by atoms with van der Waals surface area (Å²) >= 11 is 0. The molecule has 0 radical (unpaired) electrons. The third-order valence-electron chi connectivity index (χ3n) is 1.56. The van der Waals surface area contributed by atoms with Gasteiger partial charge in [0.25, 0.3) is 0 Å². The Morgan fingerprint density at radius 3 is 3.08 bits per heavy atom. The highest BCUT2D eigenvalue weighted by molar-refractivity contribution is 5.34. The van der Waals surface area contributed by atoms with Gasteiger partial charge in [-0.1, -0.05) is 6.92 Å². The van der Waals surface area contributed by atoms with Crippen molar-refractivity contribution in [2.24, 2.45) is 0 Å². The van der Waals surface area contributed by atoms with E-state index >= 15 is 0 Å². The molecule has 1 aromatic rings. The van der Waals surface area contributed by atoms with Gasteiger partial charge in [0.05, 0.1) is 0 Å². The van der Waals surface area contributed by atoms with Crippen molar-refractivity contribution in [3.8, 4) is 0 Å². The molecule has 0 aliphatic heterocycles. The first-order chi connectivity index (χ1) is 5.75. The van der Waals surface area contributed by atoms with E-state index in [1.165, 1.54) is 6.20 Å². The molecule has 1 heterocycles. The third kappa shape index (κ3) is 1.92. The SMILES string of the molecule is CCNCc1ccnc(N)c1F. The first-order valence-electron chi connectivity index (χ1n) is 3.85. The molecule has 0 atom stereocenters. The number of nitrogens with two attached hydrogens (primary N) is 1. The van der Waals surface area contributed by atoms with Crippen LogP contribution in [0, 0.1) is 5.82 Å². The zero-order valence-corrected chi connectivity index (χ0v) is 6.97. The van der Waals surface area contributed by atoms with Crippen LogP contribution in [-0.2, 0) is 6.54 Å². The Hall–Kier alpha value is -1.16. The summed E-state index contributed by atoms with van der Waals surface area (Å²) in [5.74, 6) is -0.455. The Morgan fingerprint density at radius 1 is 1.67 bits per heavy atom. The van der Waals surface area contributed by atoms with Gasteiger partial charge >= 0.3 is 0 Å². The lowest BCUT2D eigenvalue weighted by Gasteiger charge is -2.04. The molecule has 66 valence electrons. The first kappa shape index (κ1) is 8.93. The fraction of sp³-hybridized carbons (Fsp3) is 0.375. The second kappa shape index (κ2) is 4.01. The number of hydrogen-bond acceptors (Lipinski definition) is 3. The highest BCUT2D eigenvalue weighted by atomic mass is 19.1. The van der Waals surface area contributed by atoms with Gasteiger partial charge in [0.15, 0.2) is 11.6 Å². The smallest absolute Gasteiger partial charge is 0.169 e. The molecule has 0 unspecified atom stereocenters. The molecule has 0 spiro atoms. The number of nitrogens with one attached hydrogen (secondary N) is 1. The van der Waals surface area contributed by atoms with Crippen molar-refractivity contribution in [3.05, 3.63) is 23.6 Å². The van der Waals surface area contributed by atoms with Crippen LogP contribution < -0.4 is 11.1 Å². The summed E-state index contributed by atoms with van der Waals surface area (Å²) in [5.41, 5.74) is 5.84. The Morgan fingerprint density at radius 2 is 2.42 bits per heavy atom. The maximum atomic E-state index is 13.1. The molecular formula is C8H12FN3. The Labute approximate surface area is 70.8 Å².